The maximum absolute atomic E-state index is 12.4. The Bertz CT molecular complexity index is 1270. The van der Waals surface area contributed by atoms with E-state index >= 15 is 0 Å². The van der Waals surface area contributed by atoms with Crippen LogP contribution in [0.5, 0.6) is 5.75 Å². The highest BCUT2D eigenvalue weighted by atomic mass is 32.2. The highest BCUT2D eigenvalue weighted by Crippen LogP contribution is 2.29. The van der Waals surface area contributed by atoms with Crippen LogP contribution >= 0.6 is 24.0 Å². The fourth-order valence-corrected chi connectivity index (χ4v) is 3.63. The van der Waals surface area contributed by atoms with Crippen LogP contribution in [0.4, 0.5) is 13.2 Å². The van der Waals surface area contributed by atoms with E-state index in [0.29, 0.717) is 37.1 Å². The number of carbonyl (C=O) groups is 1. The Balaban J connectivity index is 1.65. The largest absolute Gasteiger partial charge is 0.573 e. The van der Waals surface area contributed by atoms with Crippen LogP contribution in [0.15, 0.2) is 52.0 Å². The van der Waals surface area contributed by atoms with Gasteiger partial charge in [-0.05, 0) is 24.3 Å². The minimum Gasteiger partial charge on any atom is -0.455 e. The number of nitrogens with zero attached hydrogens (tertiary/aromatic N) is 1. The van der Waals surface area contributed by atoms with Crippen molar-refractivity contribution in [2.45, 2.75) is 6.36 Å². The number of hydrogen-bond acceptors (Lipinski definition) is 6. The summed E-state index contributed by atoms with van der Waals surface area (Å²) >= 11 is 6.09. The Morgan fingerprint density at radius 3 is 2.80 bits per heavy atom. The average Bonchev–Trinajstić information content (AvgIpc) is 3.21. The number of furan rings is 1. The van der Waals surface area contributed by atoms with Gasteiger partial charge in [0.25, 0.3) is 5.91 Å². The predicted molar refractivity (Wildman–Crippen MR) is 109 cm³/mol. The molecule has 2 aromatic heterocycles. The topological polar surface area (TPSA) is 64.4 Å². The molecule has 1 aliphatic heterocycles. The van der Waals surface area contributed by atoms with Gasteiger partial charge in [-0.1, -0.05) is 41.9 Å². The predicted octanol–water partition coefficient (Wildman–Crippen LogP) is 4.62. The van der Waals surface area contributed by atoms with E-state index in [0.717, 1.165) is 11.8 Å². The van der Waals surface area contributed by atoms with Crippen molar-refractivity contribution in [1.82, 2.24) is 10.3 Å². The first-order valence-electron chi connectivity index (χ1n) is 8.27. The first-order valence-corrected chi connectivity index (χ1v) is 9.49. The zero-order chi connectivity index (χ0) is 21.3. The van der Waals surface area contributed by atoms with E-state index in [2.05, 4.69) is 26.9 Å². The van der Waals surface area contributed by atoms with E-state index in [4.69, 9.17) is 16.6 Å². The summed E-state index contributed by atoms with van der Waals surface area (Å²) in [5.41, 5.74) is 1.21. The molecule has 0 atom stereocenters. The molecule has 3 aromatic rings. The fourth-order valence-electron chi connectivity index (χ4n) is 2.60. The lowest BCUT2D eigenvalue weighted by molar-refractivity contribution is -0.274. The van der Waals surface area contributed by atoms with Crippen molar-refractivity contribution in [2.24, 2.45) is 0 Å². The smallest absolute Gasteiger partial charge is 0.455 e. The highest BCUT2D eigenvalue weighted by Gasteiger charge is 2.31. The molecule has 5 nitrogen and oxygen atoms in total. The van der Waals surface area contributed by atoms with Crippen molar-refractivity contribution < 1.29 is 27.1 Å². The second-order valence-electron chi connectivity index (χ2n) is 5.93. The number of carbonyl (C=O) groups excluding carboxylic acids is 1. The Labute approximate surface area is 177 Å². The van der Waals surface area contributed by atoms with Gasteiger partial charge in [-0.25, -0.2) is 0 Å². The summed E-state index contributed by atoms with van der Waals surface area (Å²) in [6.45, 7) is 0. The fraction of sp³-hybridized carbons (Fsp3) is 0.0500. The maximum Gasteiger partial charge on any atom is 0.573 e. The van der Waals surface area contributed by atoms with Crippen LogP contribution in [0.2, 0.25) is 0 Å². The van der Waals surface area contributed by atoms with Crippen LogP contribution < -0.4 is 10.1 Å². The van der Waals surface area contributed by atoms with Gasteiger partial charge in [-0.2, -0.15) is 0 Å². The molecule has 4 rings (SSSR count). The van der Waals surface area contributed by atoms with Crippen molar-refractivity contribution in [2.75, 3.05) is 0 Å². The molecule has 0 spiro atoms. The summed E-state index contributed by atoms with van der Waals surface area (Å²) in [6, 6.07) is 7.05. The number of thioether (sulfide) groups is 1. The Hall–Kier alpha value is -3.29. The number of halogens is 3. The number of ether oxygens (including phenoxy) is 1. The van der Waals surface area contributed by atoms with Crippen LogP contribution in [-0.4, -0.2) is 21.6 Å². The number of hydrogen-bond donors (Lipinski definition) is 1. The van der Waals surface area contributed by atoms with Gasteiger partial charge in [0, 0.05) is 29.4 Å². The second kappa shape index (κ2) is 7.85. The average molecular weight is 446 g/mol. The Morgan fingerprint density at radius 2 is 2.07 bits per heavy atom. The first-order chi connectivity index (χ1) is 14.3. The third-order valence-corrected chi connectivity index (χ3v) is 4.93. The zero-order valence-electron chi connectivity index (χ0n) is 14.7. The second-order valence-corrected chi connectivity index (χ2v) is 7.65. The van der Waals surface area contributed by atoms with Gasteiger partial charge in [0.2, 0.25) is 0 Å². The Morgan fingerprint density at radius 1 is 1.23 bits per heavy atom. The molecular formula is C20H9F3N2O3S2. The van der Waals surface area contributed by atoms with Crippen LogP contribution in [0, 0.1) is 11.8 Å². The number of fused-ring (bicyclic) bond motifs is 1. The summed E-state index contributed by atoms with van der Waals surface area (Å²) in [4.78, 5) is 16.3. The van der Waals surface area contributed by atoms with Crippen LogP contribution in [0.3, 0.4) is 0 Å². The quantitative estimate of drug-likeness (QED) is 0.352. The summed E-state index contributed by atoms with van der Waals surface area (Å²) in [7, 11) is 0. The summed E-state index contributed by atoms with van der Waals surface area (Å²) in [5, 5.41) is 3.18. The first kappa shape index (κ1) is 20.0. The number of amides is 1. The standard InChI is InChI=1S/C20H9F3N2O3S2/c21-20(22,23)28-14-3-1-2-11(6-14)4-5-12-9-24-10-13-7-15(27-17(12)13)8-16-18(26)25-19(29)30-16/h1-3,6-10H,(H,25,26,29)/b16-8+. The number of rotatable bonds is 2. The molecule has 1 saturated heterocycles. The van der Waals surface area contributed by atoms with Crippen LogP contribution in [0.1, 0.15) is 16.9 Å². The minimum absolute atomic E-state index is 0.301. The lowest BCUT2D eigenvalue weighted by atomic mass is 10.2. The molecule has 30 heavy (non-hydrogen) atoms. The molecule has 150 valence electrons. The molecule has 10 heteroatoms. The van der Waals surface area contributed by atoms with Crippen molar-refractivity contribution in [1.29, 1.82) is 0 Å². The molecule has 0 bridgehead atoms. The van der Waals surface area contributed by atoms with Gasteiger partial charge in [0.1, 0.15) is 15.8 Å². The lowest BCUT2D eigenvalue weighted by Crippen LogP contribution is -2.17. The number of alkyl halides is 3. The summed E-state index contributed by atoms with van der Waals surface area (Å²) < 4.78 is 47.2. The highest BCUT2D eigenvalue weighted by molar-refractivity contribution is 8.26. The van der Waals surface area contributed by atoms with Gasteiger partial charge in [0.05, 0.1) is 10.5 Å². The molecule has 1 fully saturated rings. The molecule has 3 heterocycles. The molecule has 1 aromatic carbocycles. The van der Waals surface area contributed by atoms with E-state index in [1.54, 1.807) is 24.4 Å². The molecular weight excluding hydrogens is 437 g/mol. The third-order valence-electron chi connectivity index (χ3n) is 3.77. The maximum atomic E-state index is 12.4. The van der Waals surface area contributed by atoms with Crippen molar-refractivity contribution in [3.63, 3.8) is 0 Å². The van der Waals surface area contributed by atoms with Gasteiger partial charge in [0.15, 0.2) is 5.58 Å². The molecule has 0 unspecified atom stereocenters. The molecule has 0 radical (unpaired) electrons. The number of thiocarbonyl (C=S) groups is 1. The molecule has 0 aliphatic carbocycles. The van der Waals surface area contributed by atoms with Crippen LogP contribution in [0.25, 0.3) is 17.0 Å². The minimum atomic E-state index is -4.78. The monoisotopic (exact) mass is 446 g/mol. The summed E-state index contributed by atoms with van der Waals surface area (Å²) in [5.74, 6) is 5.38. The van der Waals surface area contributed by atoms with Crippen molar-refractivity contribution in [3.05, 3.63) is 64.5 Å². The summed E-state index contributed by atoms with van der Waals surface area (Å²) in [6.07, 6.45) is -0.151. The van der Waals surface area contributed by atoms with Gasteiger partial charge in [-0.15, -0.1) is 13.2 Å². The van der Waals surface area contributed by atoms with E-state index in [1.807, 2.05) is 0 Å². The molecule has 1 amide bonds. The van der Waals surface area contributed by atoms with E-state index in [9.17, 15) is 18.0 Å². The van der Waals surface area contributed by atoms with E-state index in [-0.39, 0.29) is 11.7 Å². The SMILES string of the molecule is O=C1NC(=S)S/C1=C/c1cc2cncc(C#Cc3cccc(OC(F)(F)F)c3)c2o1. The number of nitrogens with one attached hydrogen (secondary N) is 1. The number of pyridine rings is 1. The van der Waals surface area contributed by atoms with E-state index < -0.39 is 6.36 Å². The van der Waals surface area contributed by atoms with Crippen molar-refractivity contribution in [3.8, 4) is 17.6 Å². The van der Waals surface area contributed by atoms with Gasteiger partial charge >= 0.3 is 6.36 Å². The zero-order valence-corrected chi connectivity index (χ0v) is 16.4. The number of aromatic nitrogens is 1. The van der Waals surface area contributed by atoms with Gasteiger partial charge < -0.3 is 14.5 Å². The molecule has 0 saturated carbocycles. The van der Waals surface area contributed by atoms with E-state index in [1.165, 1.54) is 24.4 Å². The van der Waals surface area contributed by atoms with Crippen molar-refractivity contribution >= 4 is 51.3 Å². The molecule has 1 N–H and O–H groups in total. The van der Waals surface area contributed by atoms with Gasteiger partial charge in [-0.3, -0.25) is 9.78 Å². The Kier molecular flexibility index (Phi) is 5.24. The molecule has 1 aliphatic rings. The third kappa shape index (κ3) is 4.64. The van der Waals surface area contributed by atoms with Crippen LogP contribution in [-0.2, 0) is 4.79 Å². The normalized spacial score (nSPS) is 15.2. The number of benzene rings is 1. The lowest BCUT2D eigenvalue weighted by Gasteiger charge is -2.08.